The molecule has 0 aliphatic carbocycles. The average molecular weight is 321 g/mol. The van der Waals surface area contributed by atoms with Crippen molar-refractivity contribution in [2.75, 3.05) is 6.61 Å². The predicted molar refractivity (Wildman–Crippen MR) is 82.4 cm³/mol. The summed E-state index contributed by atoms with van der Waals surface area (Å²) >= 11 is 6.16. The molecule has 2 heterocycles. The maximum atomic E-state index is 13.5. The van der Waals surface area contributed by atoms with Crippen LogP contribution >= 0.6 is 11.6 Å². The Hall–Kier alpha value is -1.95. The van der Waals surface area contributed by atoms with Crippen molar-refractivity contribution in [3.8, 4) is 0 Å². The summed E-state index contributed by atoms with van der Waals surface area (Å²) in [5.41, 5.74) is 1.17. The highest BCUT2D eigenvalue weighted by molar-refractivity contribution is 6.33. The lowest BCUT2D eigenvalue weighted by atomic mass is 10.0. The summed E-state index contributed by atoms with van der Waals surface area (Å²) in [7, 11) is 0. The molecule has 4 nitrogen and oxygen atoms in total. The Morgan fingerprint density at radius 2 is 2.09 bits per heavy atom. The van der Waals surface area contributed by atoms with Gasteiger partial charge in [-0.05, 0) is 29.8 Å². The van der Waals surface area contributed by atoms with E-state index in [9.17, 15) is 14.6 Å². The van der Waals surface area contributed by atoms with Crippen molar-refractivity contribution in [2.24, 2.45) is 0 Å². The molecule has 2 atom stereocenters. The SMILES string of the molecule is OC[C@@H](O)[C@H](c1cccc(F)c1)n1ccc2ccnc(Cl)c21. The molecule has 0 unspecified atom stereocenters. The number of fused-ring (bicyclic) bond motifs is 1. The summed E-state index contributed by atoms with van der Waals surface area (Å²) in [6.07, 6.45) is 2.23. The van der Waals surface area contributed by atoms with Gasteiger partial charge in [-0.3, -0.25) is 0 Å². The Morgan fingerprint density at radius 3 is 2.82 bits per heavy atom. The average Bonchev–Trinajstić information content (AvgIpc) is 2.93. The van der Waals surface area contributed by atoms with Crippen molar-refractivity contribution in [1.82, 2.24) is 9.55 Å². The van der Waals surface area contributed by atoms with Crippen LogP contribution in [0.3, 0.4) is 0 Å². The lowest BCUT2D eigenvalue weighted by molar-refractivity contribution is 0.0653. The molecule has 3 rings (SSSR count). The number of aromatic nitrogens is 2. The Labute approximate surface area is 131 Å². The first-order chi connectivity index (χ1) is 10.6. The summed E-state index contributed by atoms with van der Waals surface area (Å²) in [6, 6.07) is 8.88. The summed E-state index contributed by atoms with van der Waals surface area (Å²) in [5, 5.41) is 20.7. The first-order valence-corrected chi connectivity index (χ1v) is 7.15. The lowest BCUT2D eigenvalue weighted by Crippen LogP contribution is -2.28. The first-order valence-electron chi connectivity index (χ1n) is 6.77. The minimum Gasteiger partial charge on any atom is -0.394 e. The fourth-order valence-corrected chi connectivity index (χ4v) is 2.92. The van der Waals surface area contributed by atoms with Gasteiger partial charge in [-0.1, -0.05) is 23.7 Å². The third-order valence-corrected chi connectivity index (χ3v) is 3.90. The Bertz CT molecular complexity index is 806. The van der Waals surface area contributed by atoms with Crippen molar-refractivity contribution in [1.29, 1.82) is 0 Å². The molecule has 2 aromatic heterocycles. The summed E-state index contributed by atoms with van der Waals surface area (Å²) < 4.78 is 15.2. The van der Waals surface area contributed by atoms with Crippen LogP contribution in [0, 0.1) is 5.82 Å². The Balaban J connectivity index is 2.21. The van der Waals surface area contributed by atoms with Gasteiger partial charge in [-0.15, -0.1) is 0 Å². The molecular weight excluding hydrogens is 307 g/mol. The molecule has 0 aliphatic heterocycles. The minimum atomic E-state index is -1.10. The van der Waals surface area contributed by atoms with Gasteiger partial charge in [-0.25, -0.2) is 9.37 Å². The van der Waals surface area contributed by atoms with E-state index < -0.39 is 24.6 Å². The molecule has 0 fully saturated rings. The molecule has 0 aliphatic rings. The highest BCUT2D eigenvalue weighted by Crippen LogP contribution is 2.31. The standard InChI is InChI=1S/C16H14ClFN2O2/c17-16-15-10(4-6-19-16)5-7-20(15)14(13(22)9-21)11-2-1-3-12(18)8-11/h1-8,13-14,21-22H,9H2/t13-,14+/m1/s1. The number of aliphatic hydroxyl groups is 2. The van der Waals surface area contributed by atoms with Gasteiger partial charge in [0, 0.05) is 17.8 Å². The van der Waals surface area contributed by atoms with Gasteiger partial charge >= 0.3 is 0 Å². The second kappa shape index (κ2) is 6.04. The van der Waals surface area contributed by atoms with Crippen molar-refractivity contribution >= 4 is 22.5 Å². The highest BCUT2D eigenvalue weighted by atomic mass is 35.5. The van der Waals surface area contributed by atoms with E-state index >= 15 is 0 Å². The molecule has 0 spiro atoms. The monoisotopic (exact) mass is 320 g/mol. The van der Waals surface area contributed by atoms with Crippen LogP contribution in [0.5, 0.6) is 0 Å². The maximum Gasteiger partial charge on any atom is 0.153 e. The zero-order chi connectivity index (χ0) is 15.7. The van der Waals surface area contributed by atoms with Gasteiger partial charge in [0.15, 0.2) is 5.15 Å². The zero-order valence-electron chi connectivity index (χ0n) is 11.5. The van der Waals surface area contributed by atoms with Gasteiger partial charge in [0.05, 0.1) is 18.2 Å². The number of aliphatic hydroxyl groups excluding tert-OH is 2. The van der Waals surface area contributed by atoms with Crippen molar-refractivity contribution in [2.45, 2.75) is 12.1 Å². The molecule has 0 saturated heterocycles. The lowest BCUT2D eigenvalue weighted by Gasteiger charge is -2.25. The van der Waals surface area contributed by atoms with Crippen LogP contribution in [0.15, 0.2) is 48.8 Å². The fourth-order valence-electron chi connectivity index (χ4n) is 2.66. The van der Waals surface area contributed by atoms with Crippen LogP contribution in [-0.4, -0.2) is 32.5 Å². The van der Waals surface area contributed by atoms with Crippen LogP contribution in [0.25, 0.3) is 10.9 Å². The minimum absolute atomic E-state index is 0.286. The van der Waals surface area contributed by atoms with Crippen molar-refractivity contribution < 1.29 is 14.6 Å². The normalized spacial score (nSPS) is 14.2. The van der Waals surface area contributed by atoms with E-state index in [1.807, 2.05) is 6.07 Å². The van der Waals surface area contributed by atoms with E-state index in [4.69, 9.17) is 11.6 Å². The van der Waals surface area contributed by atoms with Crippen molar-refractivity contribution in [3.05, 3.63) is 65.3 Å². The number of pyridine rings is 1. The number of benzene rings is 1. The van der Waals surface area contributed by atoms with Crippen molar-refractivity contribution in [3.63, 3.8) is 0 Å². The molecule has 3 aromatic rings. The zero-order valence-corrected chi connectivity index (χ0v) is 12.3. The third-order valence-electron chi connectivity index (χ3n) is 3.63. The summed E-state index contributed by atoms with van der Waals surface area (Å²) in [4.78, 5) is 4.05. The van der Waals surface area contributed by atoms with Crippen LogP contribution in [0.2, 0.25) is 5.15 Å². The third kappa shape index (κ3) is 2.59. The largest absolute Gasteiger partial charge is 0.394 e. The first kappa shape index (κ1) is 15.0. The Kier molecular flexibility index (Phi) is 4.11. The van der Waals surface area contributed by atoms with Crippen LogP contribution in [0.1, 0.15) is 11.6 Å². The Morgan fingerprint density at radius 1 is 1.27 bits per heavy atom. The molecule has 22 heavy (non-hydrogen) atoms. The quantitative estimate of drug-likeness (QED) is 0.727. The van der Waals surface area contributed by atoms with Crippen LogP contribution in [-0.2, 0) is 0 Å². The van der Waals surface area contributed by atoms with E-state index in [-0.39, 0.29) is 5.15 Å². The summed E-state index contributed by atoms with van der Waals surface area (Å²) in [6.45, 7) is -0.460. The van der Waals surface area contributed by atoms with Gasteiger partial charge in [-0.2, -0.15) is 0 Å². The van der Waals surface area contributed by atoms with Gasteiger partial charge < -0.3 is 14.8 Å². The van der Waals surface area contributed by atoms with Gasteiger partial charge in [0.2, 0.25) is 0 Å². The summed E-state index contributed by atoms with van der Waals surface area (Å²) in [5.74, 6) is -0.409. The van der Waals surface area contributed by atoms with Gasteiger partial charge in [0.25, 0.3) is 0 Å². The smallest absolute Gasteiger partial charge is 0.153 e. The van der Waals surface area contributed by atoms with Crippen LogP contribution < -0.4 is 0 Å². The number of nitrogens with zero attached hydrogens (tertiary/aromatic N) is 2. The molecule has 0 radical (unpaired) electrons. The topological polar surface area (TPSA) is 58.3 Å². The molecular formula is C16H14ClFN2O2. The second-order valence-corrected chi connectivity index (χ2v) is 5.37. The number of hydrogen-bond donors (Lipinski definition) is 2. The molecule has 0 amide bonds. The van der Waals surface area contributed by atoms with E-state index in [0.29, 0.717) is 11.1 Å². The fraction of sp³-hybridized carbons (Fsp3) is 0.188. The second-order valence-electron chi connectivity index (χ2n) is 5.01. The predicted octanol–water partition coefficient (Wildman–Crippen LogP) is 2.77. The molecule has 0 saturated carbocycles. The van der Waals surface area contributed by atoms with E-state index in [1.165, 1.54) is 12.1 Å². The molecule has 0 bridgehead atoms. The van der Waals surface area contributed by atoms with E-state index in [2.05, 4.69) is 4.98 Å². The molecule has 114 valence electrons. The highest BCUT2D eigenvalue weighted by Gasteiger charge is 2.25. The maximum absolute atomic E-state index is 13.5. The number of hydrogen-bond acceptors (Lipinski definition) is 3. The molecule has 6 heteroatoms. The van der Waals surface area contributed by atoms with Crippen LogP contribution in [0.4, 0.5) is 4.39 Å². The van der Waals surface area contributed by atoms with Gasteiger partial charge in [0.1, 0.15) is 11.9 Å². The molecule has 2 N–H and O–H groups in total. The number of rotatable bonds is 4. The molecule has 1 aromatic carbocycles. The number of halogens is 2. The van der Waals surface area contributed by atoms with E-state index in [1.54, 1.807) is 35.2 Å². The van der Waals surface area contributed by atoms with E-state index in [0.717, 1.165) is 5.39 Å².